The van der Waals surface area contributed by atoms with E-state index in [1.54, 1.807) is 0 Å². The number of carbonyl (C=O) groups excluding carboxylic acids is 1. The van der Waals surface area contributed by atoms with Crippen molar-refractivity contribution in [1.82, 2.24) is 20.0 Å². The van der Waals surface area contributed by atoms with Crippen LogP contribution in [0.4, 0.5) is 5.13 Å². The summed E-state index contributed by atoms with van der Waals surface area (Å²) in [4.78, 5) is 24.0. The van der Waals surface area contributed by atoms with Crippen molar-refractivity contribution in [3.63, 3.8) is 0 Å². The van der Waals surface area contributed by atoms with Crippen LogP contribution in [-0.2, 0) is 13.0 Å². The Labute approximate surface area is 145 Å². The maximum Gasteiger partial charge on any atom is 0.277 e. The molecule has 0 spiro atoms. The lowest BCUT2D eigenvalue weighted by Crippen LogP contribution is -2.26. The van der Waals surface area contributed by atoms with Gasteiger partial charge in [-0.05, 0) is 18.9 Å². The normalized spacial score (nSPS) is 10.8. The van der Waals surface area contributed by atoms with Gasteiger partial charge in [0.05, 0.1) is 0 Å². The van der Waals surface area contributed by atoms with E-state index in [-0.39, 0.29) is 17.2 Å². The molecule has 0 aromatic carbocycles. The lowest BCUT2D eigenvalue weighted by Gasteiger charge is -2.05. The maximum atomic E-state index is 12.3. The summed E-state index contributed by atoms with van der Waals surface area (Å²) < 4.78 is 1.33. The molecule has 0 saturated heterocycles. The summed E-state index contributed by atoms with van der Waals surface area (Å²) in [5.41, 5.74) is 0.00237. The van der Waals surface area contributed by atoms with Gasteiger partial charge in [-0.1, -0.05) is 44.4 Å². The molecular weight excluding hydrogens is 326 g/mol. The molecule has 130 valence electrons. The van der Waals surface area contributed by atoms with Gasteiger partial charge < -0.3 is 0 Å². The number of unbranched alkanes of at least 4 members (excludes halogenated alkanes) is 3. The largest absolute Gasteiger partial charge is 0.295 e. The third kappa shape index (κ3) is 5.23. The Kier molecular flexibility index (Phi) is 7.05. The van der Waals surface area contributed by atoms with Gasteiger partial charge in [-0.2, -0.15) is 5.10 Å². The molecule has 0 bridgehead atoms. The molecule has 0 aliphatic carbocycles. The summed E-state index contributed by atoms with van der Waals surface area (Å²) in [6.45, 7) is 4.70. The number of aryl methyl sites for hydroxylation is 2. The van der Waals surface area contributed by atoms with E-state index < -0.39 is 0 Å². The third-order valence-corrected chi connectivity index (χ3v) is 4.40. The Bertz CT molecular complexity index is 725. The summed E-state index contributed by atoms with van der Waals surface area (Å²) in [6, 6.07) is 2.80. The van der Waals surface area contributed by atoms with E-state index in [9.17, 15) is 9.59 Å². The van der Waals surface area contributed by atoms with Crippen LogP contribution in [0, 0.1) is 0 Å². The van der Waals surface area contributed by atoms with Crippen molar-refractivity contribution in [3.05, 3.63) is 33.2 Å². The Morgan fingerprint density at radius 2 is 1.96 bits per heavy atom. The average Bonchev–Trinajstić information content (AvgIpc) is 3.01. The van der Waals surface area contributed by atoms with Crippen LogP contribution in [0.3, 0.4) is 0 Å². The first-order chi connectivity index (χ1) is 11.6. The number of nitrogens with one attached hydrogen (secondary N) is 1. The number of amides is 1. The predicted molar refractivity (Wildman–Crippen MR) is 94.5 cm³/mol. The Morgan fingerprint density at radius 3 is 2.71 bits per heavy atom. The van der Waals surface area contributed by atoms with Crippen molar-refractivity contribution in [3.8, 4) is 0 Å². The van der Waals surface area contributed by atoms with Crippen molar-refractivity contribution in [2.24, 2.45) is 0 Å². The van der Waals surface area contributed by atoms with Gasteiger partial charge in [0.2, 0.25) is 5.13 Å². The lowest BCUT2D eigenvalue weighted by atomic mass is 10.2. The fraction of sp³-hybridized carbons (Fsp3) is 0.562. The number of anilines is 1. The van der Waals surface area contributed by atoms with E-state index in [1.807, 2.05) is 6.92 Å². The summed E-state index contributed by atoms with van der Waals surface area (Å²) in [5.74, 6) is -0.378. The second-order valence-corrected chi connectivity index (χ2v) is 6.61. The monoisotopic (exact) mass is 349 g/mol. The van der Waals surface area contributed by atoms with Crippen LogP contribution < -0.4 is 10.9 Å². The summed E-state index contributed by atoms with van der Waals surface area (Å²) in [7, 11) is 0. The van der Waals surface area contributed by atoms with Crippen LogP contribution in [0.5, 0.6) is 0 Å². The molecule has 0 unspecified atom stereocenters. The fourth-order valence-electron chi connectivity index (χ4n) is 2.13. The molecule has 2 rings (SSSR count). The molecule has 2 aromatic heterocycles. The number of carbonyl (C=O) groups is 1. The summed E-state index contributed by atoms with van der Waals surface area (Å²) in [5, 5.41) is 16.3. The highest BCUT2D eigenvalue weighted by Gasteiger charge is 2.13. The minimum atomic E-state index is -0.378. The number of aromatic nitrogens is 4. The van der Waals surface area contributed by atoms with E-state index >= 15 is 0 Å². The SMILES string of the molecule is CCCCCc1nnc(NC(=O)c2ccc(=O)n(CCCC)n2)s1. The highest BCUT2D eigenvalue weighted by molar-refractivity contribution is 7.15. The predicted octanol–water partition coefficient (Wildman–Crippen LogP) is 2.88. The Hall–Kier alpha value is -2.09. The molecular formula is C16H23N5O2S. The summed E-state index contributed by atoms with van der Waals surface area (Å²) in [6.07, 6.45) is 6.06. The van der Waals surface area contributed by atoms with Gasteiger partial charge in [0, 0.05) is 19.0 Å². The van der Waals surface area contributed by atoms with Gasteiger partial charge in [0.25, 0.3) is 11.5 Å². The van der Waals surface area contributed by atoms with E-state index in [4.69, 9.17) is 0 Å². The standard InChI is InChI=1S/C16H23N5O2S/c1-3-5-7-8-13-18-19-16(24-13)17-15(23)12-9-10-14(22)21(20-12)11-6-4-2/h9-10H,3-8,11H2,1-2H3,(H,17,19,23). The van der Waals surface area contributed by atoms with Gasteiger partial charge in [-0.15, -0.1) is 10.2 Å². The molecule has 0 radical (unpaired) electrons. The van der Waals surface area contributed by atoms with Crippen LogP contribution in [0.15, 0.2) is 16.9 Å². The Morgan fingerprint density at radius 1 is 1.17 bits per heavy atom. The molecule has 0 aliphatic heterocycles. The van der Waals surface area contributed by atoms with Gasteiger partial charge in [-0.25, -0.2) is 4.68 Å². The van der Waals surface area contributed by atoms with Crippen LogP contribution in [0.25, 0.3) is 0 Å². The average molecular weight is 349 g/mol. The second kappa shape index (κ2) is 9.27. The van der Waals surface area contributed by atoms with Crippen molar-refractivity contribution < 1.29 is 4.79 Å². The second-order valence-electron chi connectivity index (χ2n) is 5.55. The number of hydrogen-bond acceptors (Lipinski definition) is 6. The first-order valence-electron chi connectivity index (χ1n) is 8.36. The van der Waals surface area contributed by atoms with Crippen molar-refractivity contribution in [2.75, 3.05) is 5.32 Å². The molecule has 0 aliphatic rings. The topological polar surface area (TPSA) is 89.8 Å². The molecule has 1 N–H and O–H groups in total. The first-order valence-corrected chi connectivity index (χ1v) is 9.17. The zero-order valence-electron chi connectivity index (χ0n) is 14.1. The van der Waals surface area contributed by atoms with Crippen molar-refractivity contribution >= 4 is 22.4 Å². The molecule has 7 nitrogen and oxygen atoms in total. The highest BCUT2D eigenvalue weighted by atomic mass is 32.1. The minimum absolute atomic E-state index is 0.200. The van der Waals surface area contributed by atoms with Crippen molar-refractivity contribution in [1.29, 1.82) is 0 Å². The molecule has 0 saturated carbocycles. The third-order valence-electron chi connectivity index (χ3n) is 3.50. The van der Waals surface area contributed by atoms with E-state index in [1.165, 1.54) is 28.2 Å². The number of hydrogen-bond donors (Lipinski definition) is 1. The molecule has 8 heteroatoms. The van der Waals surface area contributed by atoms with Gasteiger partial charge in [0.15, 0.2) is 0 Å². The molecule has 1 amide bonds. The lowest BCUT2D eigenvalue weighted by molar-refractivity contribution is 0.101. The number of rotatable bonds is 9. The first kappa shape index (κ1) is 18.3. The van der Waals surface area contributed by atoms with E-state index in [0.29, 0.717) is 11.7 Å². The van der Waals surface area contributed by atoms with Gasteiger partial charge >= 0.3 is 0 Å². The maximum absolute atomic E-state index is 12.3. The van der Waals surface area contributed by atoms with Gasteiger partial charge in [0.1, 0.15) is 10.7 Å². The number of nitrogens with zero attached hydrogens (tertiary/aromatic N) is 4. The van der Waals surface area contributed by atoms with E-state index in [2.05, 4.69) is 27.5 Å². The van der Waals surface area contributed by atoms with Crippen molar-refractivity contribution in [2.45, 2.75) is 58.9 Å². The molecule has 0 atom stereocenters. The highest BCUT2D eigenvalue weighted by Crippen LogP contribution is 2.18. The minimum Gasteiger partial charge on any atom is -0.295 e. The zero-order chi connectivity index (χ0) is 17.4. The quantitative estimate of drug-likeness (QED) is 0.703. The molecule has 24 heavy (non-hydrogen) atoms. The van der Waals surface area contributed by atoms with Crippen LogP contribution in [0.2, 0.25) is 0 Å². The Balaban J connectivity index is 2.00. The smallest absolute Gasteiger partial charge is 0.277 e. The van der Waals surface area contributed by atoms with E-state index in [0.717, 1.165) is 43.5 Å². The summed E-state index contributed by atoms with van der Waals surface area (Å²) >= 11 is 1.38. The van der Waals surface area contributed by atoms with Crippen LogP contribution in [0.1, 0.15) is 61.4 Å². The van der Waals surface area contributed by atoms with Crippen LogP contribution in [-0.4, -0.2) is 25.9 Å². The molecule has 0 fully saturated rings. The fourth-order valence-corrected chi connectivity index (χ4v) is 2.91. The zero-order valence-corrected chi connectivity index (χ0v) is 14.9. The van der Waals surface area contributed by atoms with Gasteiger partial charge in [-0.3, -0.25) is 14.9 Å². The molecule has 2 heterocycles. The van der Waals surface area contributed by atoms with Crippen LogP contribution >= 0.6 is 11.3 Å². The molecule has 2 aromatic rings.